The number of rotatable bonds is 8. The Morgan fingerprint density at radius 1 is 1.03 bits per heavy atom. The number of aromatic nitrogens is 8. The predicted octanol–water partition coefficient (Wildman–Crippen LogP) is 3.75. The lowest BCUT2D eigenvalue weighted by atomic mass is 10.0. The monoisotopic (exact) mass is 534 g/mol. The molecule has 0 atom stereocenters. The molecule has 0 amide bonds. The Kier molecular flexibility index (Phi) is 6.13. The maximum atomic E-state index is 13.0. The highest BCUT2D eigenvalue weighted by Gasteiger charge is 2.28. The molecule has 3 N–H and O–H groups in total. The van der Waals surface area contributed by atoms with Gasteiger partial charge in [0.05, 0.1) is 11.4 Å². The van der Waals surface area contributed by atoms with Gasteiger partial charge >= 0.3 is 12.2 Å². The number of nitrogens with two attached hydrogens (primary N) is 1. The number of ether oxygens (including phenoxy) is 1. The second kappa shape index (κ2) is 9.78. The summed E-state index contributed by atoms with van der Waals surface area (Å²) in [7, 11) is 0. The van der Waals surface area contributed by atoms with E-state index in [1.165, 1.54) is 6.33 Å². The first-order valence-corrected chi connectivity index (χ1v) is 12.0. The molecular weight excluding hydrogens is 513 g/mol. The first kappa shape index (κ1) is 24.5. The third-order valence-corrected chi connectivity index (χ3v) is 5.94. The fourth-order valence-corrected chi connectivity index (χ4v) is 3.95. The van der Waals surface area contributed by atoms with Crippen LogP contribution >= 0.6 is 0 Å². The second-order valence-corrected chi connectivity index (χ2v) is 9.02. The molecule has 1 aliphatic carbocycles. The Morgan fingerprint density at radius 3 is 2.46 bits per heavy atom. The zero-order chi connectivity index (χ0) is 27.0. The van der Waals surface area contributed by atoms with E-state index in [4.69, 9.17) is 10.5 Å². The van der Waals surface area contributed by atoms with Gasteiger partial charge in [-0.15, -0.1) is 0 Å². The molecule has 0 spiro atoms. The fraction of sp³-hybridized carbons (Fsp3) is 0.240. The highest BCUT2D eigenvalue weighted by molar-refractivity contribution is 5.91. The van der Waals surface area contributed by atoms with Gasteiger partial charge in [-0.1, -0.05) is 12.1 Å². The van der Waals surface area contributed by atoms with E-state index in [0.29, 0.717) is 28.8 Å². The number of hydrogen-bond donors (Lipinski definition) is 2. The smallest absolute Gasteiger partial charge is 0.405 e. The average Bonchev–Trinajstić information content (AvgIpc) is 3.56. The summed E-state index contributed by atoms with van der Waals surface area (Å²) >= 11 is 0. The molecule has 1 fully saturated rings. The Labute approximate surface area is 219 Å². The van der Waals surface area contributed by atoms with E-state index in [2.05, 4.69) is 40.3 Å². The number of fused-ring (bicyclic) bond motifs is 1. The summed E-state index contributed by atoms with van der Waals surface area (Å²) in [6.45, 7) is -1.31. The number of anilines is 2. The van der Waals surface area contributed by atoms with Crippen LogP contribution in [0.5, 0.6) is 6.01 Å². The number of nitrogens with zero attached hydrogens (tertiary/aromatic N) is 8. The zero-order valence-electron chi connectivity index (χ0n) is 20.3. The van der Waals surface area contributed by atoms with E-state index in [1.807, 2.05) is 24.3 Å². The van der Waals surface area contributed by atoms with Gasteiger partial charge in [-0.3, -0.25) is 0 Å². The van der Waals surface area contributed by atoms with E-state index < -0.39 is 12.7 Å². The van der Waals surface area contributed by atoms with Gasteiger partial charge in [0.25, 0.3) is 0 Å². The van der Waals surface area contributed by atoms with Gasteiger partial charge in [0.15, 0.2) is 5.82 Å². The van der Waals surface area contributed by atoms with Crippen LogP contribution in [0.15, 0.2) is 55.4 Å². The van der Waals surface area contributed by atoms with Crippen LogP contribution in [-0.4, -0.2) is 58.5 Å². The van der Waals surface area contributed by atoms with Crippen molar-refractivity contribution in [1.82, 2.24) is 39.7 Å². The summed E-state index contributed by atoms with van der Waals surface area (Å²) in [6, 6.07) is 9.68. The molecular formula is C25H21F3N10O. The molecule has 0 saturated heterocycles. The molecule has 4 heterocycles. The lowest BCUT2D eigenvalue weighted by molar-refractivity contribution is -0.115. The van der Waals surface area contributed by atoms with Gasteiger partial charge in [-0.05, 0) is 48.6 Å². The van der Waals surface area contributed by atoms with Crippen molar-refractivity contribution in [3.8, 4) is 23.0 Å². The first-order chi connectivity index (χ1) is 18.8. The number of hydrogen-bond acceptors (Lipinski definition) is 10. The lowest BCUT2D eigenvalue weighted by Crippen LogP contribution is -2.22. The van der Waals surface area contributed by atoms with Crippen molar-refractivity contribution in [3.05, 3.63) is 66.5 Å². The van der Waals surface area contributed by atoms with Crippen LogP contribution in [0.2, 0.25) is 0 Å². The SMILES string of the molecule is Nc1nc(NCC(F)(F)F)c2nc(-c3cnc(OC4CC4)nc3)cc(Cc3ccc(-n4cncn4)cc3)c2n1. The maximum Gasteiger partial charge on any atom is 0.405 e. The molecule has 0 radical (unpaired) electrons. The molecule has 0 unspecified atom stereocenters. The zero-order valence-corrected chi connectivity index (χ0v) is 20.3. The molecule has 11 nitrogen and oxygen atoms in total. The van der Waals surface area contributed by atoms with E-state index in [0.717, 1.165) is 24.1 Å². The topological polar surface area (TPSA) is 142 Å². The molecule has 198 valence electrons. The van der Waals surface area contributed by atoms with Crippen LogP contribution in [0.4, 0.5) is 24.9 Å². The average molecular weight is 535 g/mol. The third-order valence-electron chi connectivity index (χ3n) is 5.94. The standard InChI is InChI=1S/C25H21F3N10O/c26-25(27,28)11-33-22-21-20(36-23(29)37-22)15(7-14-1-3-17(4-2-14)38-13-30-12-34-38)8-19(35-21)16-9-31-24(32-10-16)39-18-5-6-18/h1-4,8-10,12-13,18H,5-7,11H2,(H3,29,33,36,37). The van der Waals surface area contributed by atoms with Gasteiger partial charge in [-0.2, -0.15) is 23.3 Å². The number of halogens is 3. The van der Waals surface area contributed by atoms with Crippen molar-refractivity contribution in [1.29, 1.82) is 0 Å². The van der Waals surface area contributed by atoms with Crippen LogP contribution in [-0.2, 0) is 6.42 Å². The molecule has 0 aliphatic heterocycles. The molecule has 0 bridgehead atoms. The largest absolute Gasteiger partial charge is 0.460 e. The van der Waals surface area contributed by atoms with Gasteiger partial charge < -0.3 is 15.8 Å². The lowest BCUT2D eigenvalue weighted by Gasteiger charge is -2.15. The van der Waals surface area contributed by atoms with Gasteiger partial charge in [0, 0.05) is 18.0 Å². The summed E-state index contributed by atoms with van der Waals surface area (Å²) in [5.74, 6) is -0.288. The molecule has 5 aromatic rings. The van der Waals surface area contributed by atoms with Crippen LogP contribution in [0, 0.1) is 0 Å². The van der Waals surface area contributed by atoms with Gasteiger partial charge in [0.2, 0.25) is 5.95 Å². The molecule has 1 aliphatic rings. The summed E-state index contributed by atoms with van der Waals surface area (Å²) in [4.78, 5) is 25.4. The van der Waals surface area contributed by atoms with E-state index in [1.54, 1.807) is 29.5 Å². The number of alkyl halides is 3. The number of nitrogens with one attached hydrogen (secondary N) is 1. The Balaban J connectivity index is 1.41. The molecule has 4 aromatic heterocycles. The van der Waals surface area contributed by atoms with Crippen LogP contribution in [0.3, 0.4) is 0 Å². The summed E-state index contributed by atoms with van der Waals surface area (Å²) in [5, 5.41) is 6.44. The first-order valence-electron chi connectivity index (χ1n) is 12.0. The molecule has 39 heavy (non-hydrogen) atoms. The summed E-state index contributed by atoms with van der Waals surface area (Å²) in [6.07, 6.45) is 4.17. The molecule has 14 heteroatoms. The third kappa shape index (κ3) is 5.68. The predicted molar refractivity (Wildman–Crippen MR) is 135 cm³/mol. The number of pyridine rings is 1. The van der Waals surface area contributed by atoms with Crippen molar-refractivity contribution in [3.63, 3.8) is 0 Å². The minimum Gasteiger partial charge on any atom is -0.460 e. The van der Waals surface area contributed by atoms with E-state index in [9.17, 15) is 13.2 Å². The van der Waals surface area contributed by atoms with E-state index in [-0.39, 0.29) is 29.4 Å². The minimum absolute atomic E-state index is 0.117. The maximum absolute atomic E-state index is 13.0. The second-order valence-electron chi connectivity index (χ2n) is 9.02. The van der Waals surface area contributed by atoms with Crippen molar-refractivity contribution in [2.75, 3.05) is 17.6 Å². The van der Waals surface area contributed by atoms with Gasteiger partial charge in [-0.25, -0.2) is 29.6 Å². The normalized spacial score (nSPS) is 13.5. The Bertz CT molecular complexity index is 1600. The van der Waals surface area contributed by atoms with Crippen molar-refractivity contribution in [2.45, 2.75) is 31.5 Å². The van der Waals surface area contributed by atoms with Crippen LogP contribution < -0.4 is 15.8 Å². The minimum atomic E-state index is -4.47. The van der Waals surface area contributed by atoms with E-state index >= 15 is 0 Å². The van der Waals surface area contributed by atoms with Crippen molar-refractivity contribution in [2.24, 2.45) is 0 Å². The fourth-order valence-electron chi connectivity index (χ4n) is 3.95. The highest BCUT2D eigenvalue weighted by atomic mass is 19.4. The quantitative estimate of drug-likeness (QED) is 0.302. The van der Waals surface area contributed by atoms with Crippen LogP contribution in [0.1, 0.15) is 24.0 Å². The molecule has 1 aromatic carbocycles. The van der Waals surface area contributed by atoms with Crippen molar-refractivity contribution >= 4 is 22.8 Å². The highest BCUT2D eigenvalue weighted by Crippen LogP contribution is 2.31. The molecule has 6 rings (SSSR count). The Morgan fingerprint density at radius 2 is 1.79 bits per heavy atom. The summed E-state index contributed by atoms with van der Waals surface area (Å²) < 4.78 is 46.3. The Hall–Kier alpha value is -4.88. The molecule has 1 saturated carbocycles. The van der Waals surface area contributed by atoms with Crippen LogP contribution in [0.25, 0.3) is 28.0 Å². The van der Waals surface area contributed by atoms with Gasteiger partial charge in [0.1, 0.15) is 36.3 Å². The number of nitrogen functional groups attached to an aromatic ring is 1. The number of benzene rings is 1. The summed E-state index contributed by atoms with van der Waals surface area (Å²) in [5.41, 5.74) is 9.81. The van der Waals surface area contributed by atoms with Crippen molar-refractivity contribution < 1.29 is 17.9 Å².